The number of aryl methyl sites for hydroxylation is 1. The molecule has 0 saturated carbocycles. The van der Waals surface area contributed by atoms with Gasteiger partial charge in [-0.05, 0) is 67.5 Å². The minimum absolute atomic E-state index is 0.0160. The van der Waals surface area contributed by atoms with E-state index in [0.717, 1.165) is 35.7 Å². The van der Waals surface area contributed by atoms with E-state index >= 15 is 0 Å². The van der Waals surface area contributed by atoms with Crippen LogP contribution in [0.15, 0.2) is 47.3 Å². The number of carbonyl (C=O) groups excluding carboxylic acids is 1. The first-order valence-corrected chi connectivity index (χ1v) is 11.1. The number of rotatable bonds is 9. The van der Waals surface area contributed by atoms with Crippen molar-refractivity contribution in [2.24, 2.45) is 0 Å². The Balaban J connectivity index is 1.74. The van der Waals surface area contributed by atoms with Gasteiger partial charge in [-0.25, -0.2) is 0 Å². The number of pyridine rings is 1. The maximum atomic E-state index is 13.0. The number of hydrogen-bond acceptors (Lipinski definition) is 4. The van der Waals surface area contributed by atoms with Crippen LogP contribution in [0.5, 0.6) is 0 Å². The molecule has 0 aliphatic rings. The second-order valence-electron chi connectivity index (χ2n) is 7.20. The average Bonchev–Trinajstić information content (AvgIpc) is 3.36. The number of thiophene rings is 1. The Bertz CT molecular complexity index is 914. The summed E-state index contributed by atoms with van der Waals surface area (Å²) >= 11 is 1.70. The maximum Gasteiger partial charge on any atom is 0.253 e. The third-order valence-electron chi connectivity index (χ3n) is 5.50. The molecule has 0 saturated heterocycles. The molecule has 0 fully saturated rings. The van der Waals surface area contributed by atoms with Crippen LogP contribution in [0.3, 0.4) is 0 Å². The topological polar surface area (TPSA) is 50.2 Å². The van der Waals surface area contributed by atoms with E-state index in [1.807, 2.05) is 38.1 Å². The summed E-state index contributed by atoms with van der Waals surface area (Å²) in [4.78, 5) is 19.8. The molecule has 0 bridgehead atoms. The zero-order valence-electron chi connectivity index (χ0n) is 17.7. The van der Waals surface area contributed by atoms with Crippen LogP contribution < -0.4 is 5.32 Å². The molecule has 3 heterocycles. The summed E-state index contributed by atoms with van der Waals surface area (Å²) in [6, 6.07) is 10.2. The lowest BCUT2D eigenvalue weighted by atomic mass is 10.1. The summed E-state index contributed by atoms with van der Waals surface area (Å²) < 4.78 is 2.15. The van der Waals surface area contributed by atoms with E-state index in [-0.39, 0.29) is 11.9 Å². The van der Waals surface area contributed by atoms with Gasteiger partial charge in [0.05, 0.1) is 23.8 Å². The number of likely N-dealkylation sites (N-methyl/N-ethyl adjacent to an activating group) is 1. The predicted octanol–water partition coefficient (Wildman–Crippen LogP) is 4.42. The van der Waals surface area contributed by atoms with Crippen LogP contribution >= 0.6 is 11.3 Å². The maximum absolute atomic E-state index is 13.0. The first kappa shape index (κ1) is 21.3. The van der Waals surface area contributed by atoms with Crippen molar-refractivity contribution >= 4 is 17.2 Å². The second kappa shape index (κ2) is 9.85. The van der Waals surface area contributed by atoms with E-state index in [4.69, 9.17) is 0 Å². The van der Waals surface area contributed by atoms with Crippen LogP contribution in [0, 0.1) is 13.8 Å². The molecule has 6 heteroatoms. The van der Waals surface area contributed by atoms with Crippen molar-refractivity contribution in [1.29, 1.82) is 0 Å². The average molecular weight is 411 g/mol. The molecular weight excluding hydrogens is 380 g/mol. The minimum atomic E-state index is -0.0160. The minimum Gasteiger partial charge on any atom is -0.350 e. The van der Waals surface area contributed by atoms with Crippen LogP contribution in [0.25, 0.3) is 0 Å². The molecule has 0 radical (unpaired) electrons. The fourth-order valence-corrected chi connectivity index (χ4v) is 4.51. The number of amides is 1. The molecule has 0 spiro atoms. The van der Waals surface area contributed by atoms with Crippen molar-refractivity contribution in [1.82, 2.24) is 19.8 Å². The predicted molar refractivity (Wildman–Crippen MR) is 120 cm³/mol. The standard InChI is InChI=1S/C23H30N4OS/c1-5-26(6-2)22(19-10-12-29-16-19)14-25-23(28)21-13-17(3)27(18(21)4)15-20-9-7-8-11-24-20/h7-13,16,22H,5-6,14-15H2,1-4H3,(H,25,28). The molecule has 1 amide bonds. The Morgan fingerprint density at radius 3 is 2.66 bits per heavy atom. The first-order chi connectivity index (χ1) is 14.0. The van der Waals surface area contributed by atoms with Crippen molar-refractivity contribution in [2.75, 3.05) is 19.6 Å². The highest BCUT2D eigenvalue weighted by atomic mass is 32.1. The van der Waals surface area contributed by atoms with E-state index < -0.39 is 0 Å². The molecule has 3 aromatic heterocycles. The van der Waals surface area contributed by atoms with Gasteiger partial charge in [0, 0.05) is 24.1 Å². The number of hydrogen-bond donors (Lipinski definition) is 1. The van der Waals surface area contributed by atoms with E-state index in [9.17, 15) is 4.79 Å². The van der Waals surface area contributed by atoms with Gasteiger partial charge in [-0.3, -0.25) is 14.7 Å². The van der Waals surface area contributed by atoms with Gasteiger partial charge in [-0.15, -0.1) is 0 Å². The highest BCUT2D eigenvalue weighted by molar-refractivity contribution is 7.07. The SMILES string of the molecule is CCN(CC)C(CNC(=O)c1cc(C)n(Cc2ccccn2)c1C)c1ccsc1. The molecule has 0 aromatic carbocycles. The van der Waals surface area contributed by atoms with Crippen molar-refractivity contribution in [3.8, 4) is 0 Å². The number of carbonyl (C=O) groups is 1. The fraction of sp³-hybridized carbons (Fsp3) is 0.391. The summed E-state index contributed by atoms with van der Waals surface area (Å²) in [5.41, 5.74) is 5.03. The van der Waals surface area contributed by atoms with Crippen LogP contribution in [-0.2, 0) is 6.54 Å². The Morgan fingerprint density at radius 1 is 1.24 bits per heavy atom. The Kier molecular flexibility index (Phi) is 7.23. The zero-order chi connectivity index (χ0) is 20.8. The molecule has 3 rings (SSSR count). The van der Waals surface area contributed by atoms with E-state index in [1.54, 1.807) is 17.5 Å². The van der Waals surface area contributed by atoms with Crippen LogP contribution in [0.4, 0.5) is 0 Å². The molecule has 1 N–H and O–H groups in total. The zero-order valence-corrected chi connectivity index (χ0v) is 18.5. The summed E-state index contributed by atoms with van der Waals surface area (Å²) in [6.45, 7) is 11.5. The molecule has 3 aromatic rings. The summed E-state index contributed by atoms with van der Waals surface area (Å²) in [7, 11) is 0. The normalized spacial score (nSPS) is 12.3. The third kappa shape index (κ3) is 4.95. The molecule has 5 nitrogen and oxygen atoms in total. The highest BCUT2D eigenvalue weighted by Crippen LogP contribution is 2.23. The van der Waals surface area contributed by atoms with Crippen LogP contribution in [0.2, 0.25) is 0 Å². The number of nitrogens with zero attached hydrogens (tertiary/aromatic N) is 3. The molecular formula is C23H30N4OS. The van der Waals surface area contributed by atoms with Gasteiger partial charge in [-0.2, -0.15) is 11.3 Å². The van der Waals surface area contributed by atoms with Gasteiger partial charge in [0.25, 0.3) is 5.91 Å². The van der Waals surface area contributed by atoms with Crippen molar-refractivity contribution in [3.63, 3.8) is 0 Å². The van der Waals surface area contributed by atoms with Gasteiger partial charge in [0.2, 0.25) is 0 Å². The van der Waals surface area contributed by atoms with Gasteiger partial charge in [0.1, 0.15) is 0 Å². The fourth-order valence-electron chi connectivity index (χ4n) is 3.80. The lowest BCUT2D eigenvalue weighted by Gasteiger charge is -2.29. The number of nitrogens with one attached hydrogen (secondary N) is 1. The van der Waals surface area contributed by atoms with E-state index in [0.29, 0.717) is 13.1 Å². The third-order valence-corrected chi connectivity index (χ3v) is 6.20. The summed E-state index contributed by atoms with van der Waals surface area (Å²) in [5.74, 6) is -0.0160. The monoisotopic (exact) mass is 410 g/mol. The van der Waals surface area contributed by atoms with Gasteiger partial charge >= 0.3 is 0 Å². The van der Waals surface area contributed by atoms with Crippen molar-refractivity contribution in [2.45, 2.75) is 40.3 Å². The first-order valence-electron chi connectivity index (χ1n) is 10.2. The summed E-state index contributed by atoms with van der Waals surface area (Å²) in [6.07, 6.45) is 1.80. The lowest BCUT2D eigenvalue weighted by Crippen LogP contribution is -2.38. The quantitative estimate of drug-likeness (QED) is 0.568. The van der Waals surface area contributed by atoms with E-state index in [1.165, 1.54) is 5.56 Å². The lowest BCUT2D eigenvalue weighted by molar-refractivity contribution is 0.0934. The molecule has 1 unspecified atom stereocenters. The van der Waals surface area contributed by atoms with Crippen LogP contribution in [-0.4, -0.2) is 40.0 Å². The largest absolute Gasteiger partial charge is 0.350 e. The Morgan fingerprint density at radius 2 is 2.03 bits per heavy atom. The smallest absolute Gasteiger partial charge is 0.253 e. The van der Waals surface area contributed by atoms with Crippen molar-refractivity contribution in [3.05, 3.63) is 75.5 Å². The Labute approximate surface area is 177 Å². The molecule has 154 valence electrons. The van der Waals surface area contributed by atoms with Crippen LogP contribution in [0.1, 0.15) is 52.9 Å². The molecule has 0 aliphatic carbocycles. The van der Waals surface area contributed by atoms with Gasteiger partial charge in [0.15, 0.2) is 0 Å². The van der Waals surface area contributed by atoms with Crippen molar-refractivity contribution < 1.29 is 4.79 Å². The summed E-state index contributed by atoms with van der Waals surface area (Å²) in [5, 5.41) is 7.45. The highest BCUT2D eigenvalue weighted by Gasteiger charge is 2.21. The van der Waals surface area contributed by atoms with E-state index in [2.05, 4.69) is 50.4 Å². The van der Waals surface area contributed by atoms with Gasteiger partial charge < -0.3 is 9.88 Å². The Hall–Kier alpha value is -2.44. The number of aromatic nitrogens is 2. The van der Waals surface area contributed by atoms with Gasteiger partial charge in [-0.1, -0.05) is 19.9 Å². The molecule has 0 aliphatic heterocycles. The molecule has 1 atom stereocenters. The second-order valence-corrected chi connectivity index (χ2v) is 7.98. The molecule has 29 heavy (non-hydrogen) atoms.